The number of hydrogen-bond acceptors (Lipinski definition) is 5. The van der Waals surface area contributed by atoms with Crippen LogP contribution in [0, 0.1) is 6.92 Å². The molecule has 0 aliphatic rings. The van der Waals surface area contributed by atoms with Crippen molar-refractivity contribution in [1.29, 1.82) is 0 Å². The lowest BCUT2D eigenvalue weighted by Gasteiger charge is -2.09. The number of benzene rings is 1. The minimum absolute atomic E-state index is 0.515. The zero-order valence-electron chi connectivity index (χ0n) is 11.7. The van der Waals surface area contributed by atoms with Gasteiger partial charge in [-0.25, -0.2) is 0 Å². The number of methoxy groups -OCH3 is 1. The predicted molar refractivity (Wildman–Crippen MR) is 74.6 cm³/mol. The van der Waals surface area contributed by atoms with Crippen LogP contribution in [0.2, 0.25) is 0 Å². The molecule has 19 heavy (non-hydrogen) atoms. The first-order valence-corrected chi connectivity index (χ1v) is 6.37. The third kappa shape index (κ3) is 7.00. The van der Waals surface area contributed by atoms with Crippen LogP contribution in [0.5, 0.6) is 5.75 Å². The number of hydrogen-bond donors (Lipinski definition) is 1. The third-order valence-electron chi connectivity index (χ3n) is 2.54. The van der Waals surface area contributed by atoms with E-state index in [2.05, 4.69) is 0 Å². The van der Waals surface area contributed by atoms with Gasteiger partial charge in [0.1, 0.15) is 12.4 Å². The molecule has 0 saturated carbocycles. The quantitative estimate of drug-likeness (QED) is 0.517. The van der Waals surface area contributed by atoms with Crippen molar-refractivity contribution in [2.24, 2.45) is 0 Å². The minimum Gasteiger partial charge on any atom is -0.491 e. The molecular formula is C14H23NO4. The van der Waals surface area contributed by atoms with Crippen LogP contribution in [-0.4, -0.2) is 46.8 Å². The molecule has 0 aliphatic carbocycles. The van der Waals surface area contributed by atoms with Crippen LogP contribution < -0.4 is 10.5 Å². The smallest absolute Gasteiger partial charge is 0.119 e. The molecule has 1 aromatic rings. The Morgan fingerprint density at radius 3 is 2.21 bits per heavy atom. The van der Waals surface area contributed by atoms with Crippen molar-refractivity contribution >= 4 is 5.69 Å². The van der Waals surface area contributed by atoms with Gasteiger partial charge in [0, 0.05) is 12.8 Å². The van der Waals surface area contributed by atoms with Crippen molar-refractivity contribution in [3.63, 3.8) is 0 Å². The summed E-state index contributed by atoms with van der Waals surface area (Å²) in [4.78, 5) is 0. The highest BCUT2D eigenvalue weighted by atomic mass is 16.6. The van der Waals surface area contributed by atoms with Crippen molar-refractivity contribution in [2.45, 2.75) is 6.92 Å². The number of rotatable bonds is 10. The van der Waals surface area contributed by atoms with Gasteiger partial charge in [-0.2, -0.15) is 0 Å². The van der Waals surface area contributed by atoms with Gasteiger partial charge in [0.25, 0.3) is 0 Å². The standard InChI is InChI=1S/C14H23NO4/c1-12-11-13(3-4-14(12)15)19-10-9-18-8-7-17-6-5-16-2/h3-4,11H,5-10,15H2,1-2H3. The van der Waals surface area contributed by atoms with E-state index in [0.717, 1.165) is 17.0 Å². The Hall–Kier alpha value is -1.30. The second kappa shape index (κ2) is 9.61. The van der Waals surface area contributed by atoms with Crippen LogP contribution in [0.15, 0.2) is 18.2 Å². The first-order chi connectivity index (χ1) is 9.24. The maximum atomic E-state index is 5.73. The molecule has 0 aliphatic heterocycles. The summed E-state index contributed by atoms with van der Waals surface area (Å²) in [5.74, 6) is 0.812. The maximum Gasteiger partial charge on any atom is 0.119 e. The van der Waals surface area contributed by atoms with Crippen LogP contribution in [0.1, 0.15) is 5.56 Å². The Morgan fingerprint density at radius 2 is 1.58 bits per heavy atom. The van der Waals surface area contributed by atoms with Gasteiger partial charge in [0.05, 0.1) is 33.0 Å². The van der Waals surface area contributed by atoms with Crippen molar-refractivity contribution < 1.29 is 18.9 Å². The first-order valence-electron chi connectivity index (χ1n) is 6.37. The van der Waals surface area contributed by atoms with Gasteiger partial charge in [-0.05, 0) is 30.7 Å². The van der Waals surface area contributed by atoms with Crippen molar-refractivity contribution in [3.8, 4) is 5.75 Å². The molecule has 0 aromatic heterocycles. The Bertz CT molecular complexity index is 357. The lowest BCUT2D eigenvalue weighted by atomic mass is 10.2. The van der Waals surface area contributed by atoms with Gasteiger partial charge in [-0.1, -0.05) is 0 Å². The topological polar surface area (TPSA) is 62.9 Å². The SMILES string of the molecule is COCCOCCOCCOc1ccc(N)c(C)c1. The third-order valence-corrected chi connectivity index (χ3v) is 2.54. The fraction of sp³-hybridized carbons (Fsp3) is 0.571. The van der Waals surface area contributed by atoms with Gasteiger partial charge >= 0.3 is 0 Å². The van der Waals surface area contributed by atoms with E-state index in [9.17, 15) is 0 Å². The summed E-state index contributed by atoms with van der Waals surface area (Å²) >= 11 is 0. The summed E-state index contributed by atoms with van der Waals surface area (Å²) in [6.07, 6.45) is 0. The highest BCUT2D eigenvalue weighted by molar-refractivity contribution is 5.49. The average Bonchev–Trinajstić information content (AvgIpc) is 2.41. The number of nitrogen functional groups attached to an aromatic ring is 1. The molecule has 5 nitrogen and oxygen atoms in total. The van der Waals surface area contributed by atoms with E-state index in [1.54, 1.807) is 7.11 Å². The Labute approximate surface area is 114 Å². The molecule has 0 amide bonds. The van der Waals surface area contributed by atoms with E-state index in [1.165, 1.54) is 0 Å². The number of anilines is 1. The molecule has 0 bridgehead atoms. The first kappa shape index (κ1) is 15.8. The largest absolute Gasteiger partial charge is 0.491 e. The zero-order valence-corrected chi connectivity index (χ0v) is 11.7. The number of aryl methyl sites for hydroxylation is 1. The van der Waals surface area contributed by atoms with Crippen molar-refractivity contribution in [3.05, 3.63) is 23.8 Å². The molecule has 1 rings (SSSR count). The van der Waals surface area contributed by atoms with E-state index in [-0.39, 0.29) is 0 Å². The van der Waals surface area contributed by atoms with Crippen LogP contribution in [0.3, 0.4) is 0 Å². The Morgan fingerprint density at radius 1 is 0.947 bits per heavy atom. The molecule has 0 unspecified atom stereocenters. The zero-order chi connectivity index (χ0) is 13.9. The molecule has 0 radical (unpaired) electrons. The van der Waals surface area contributed by atoms with Gasteiger partial charge in [-0.3, -0.25) is 0 Å². The molecule has 2 N–H and O–H groups in total. The van der Waals surface area contributed by atoms with E-state index in [0.29, 0.717) is 39.6 Å². The van der Waals surface area contributed by atoms with Crippen LogP contribution in [0.4, 0.5) is 5.69 Å². The molecule has 0 heterocycles. The van der Waals surface area contributed by atoms with Gasteiger partial charge in [0.2, 0.25) is 0 Å². The summed E-state index contributed by atoms with van der Waals surface area (Å²) in [6.45, 7) is 5.35. The summed E-state index contributed by atoms with van der Waals surface area (Å²) in [6, 6.07) is 5.62. The molecule has 108 valence electrons. The van der Waals surface area contributed by atoms with Crippen molar-refractivity contribution in [2.75, 3.05) is 52.5 Å². The van der Waals surface area contributed by atoms with E-state index < -0.39 is 0 Å². The van der Waals surface area contributed by atoms with Crippen LogP contribution in [0.25, 0.3) is 0 Å². The fourth-order valence-electron chi connectivity index (χ4n) is 1.42. The number of ether oxygens (including phenoxy) is 4. The lowest BCUT2D eigenvalue weighted by molar-refractivity contribution is 0.0180. The second-order valence-corrected chi connectivity index (χ2v) is 4.08. The molecule has 0 fully saturated rings. The Balaban J connectivity index is 2.00. The molecule has 0 saturated heterocycles. The monoisotopic (exact) mass is 269 g/mol. The van der Waals surface area contributed by atoms with E-state index >= 15 is 0 Å². The number of nitrogens with two attached hydrogens (primary N) is 1. The summed E-state index contributed by atoms with van der Waals surface area (Å²) in [7, 11) is 1.65. The molecule has 1 aromatic carbocycles. The van der Waals surface area contributed by atoms with E-state index in [1.807, 2.05) is 25.1 Å². The van der Waals surface area contributed by atoms with Crippen LogP contribution in [-0.2, 0) is 14.2 Å². The van der Waals surface area contributed by atoms with Crippen molar-refractivity contribution in [1.82, 2.24) is 0 Å². The lowest BCUT2D eigenvalue weighted by Crippen LogP contribution is -2.12. The summed E-state index contributed by atoms with van der Waals surface area (Å²) in [5.41, 5.74) is 7.52. The molecule has 0 spiro atoms. The summed E-state index contributed by atoms with van der Waals surface area (Å²) in [5, 5.41) is 0. The molecular weight excluding hydrogens is 246 g/mol. The highest BCUT2D eigenvalue weighted by Crippen LogP contribution is 2.18. The van der Waals surface area contributed by atoms with Gasteiger partial charge in [-0.15, -0.1) is 0 Å². The molecule has 5 heteroatoms. The highest BCUT2D eigenvalue weighted by Gasteiger charge is 1.97. The maximum absolute atomic E-state index is 5.73. The van der Waals surface area contributed by atoms with Crippen LogP contribution >= 0.6 is 0 Å². The fourth-order valence-corrected chi connectivity index (χ4v) is 1.42. The molecule has 0 atom stereocenters. The Kier molecular flexibility index (Phi) is 7.97. The minimum atomic E-state index is 0.515. The second-order valence-electron chi connectivity index (χ2n) is 4.08. The average molecular weight is 269 g/mol. The van der Waals surface area contributed by atoms with E-state index in [4.69, 9.17) is 24.7 Å². The summed E-state index contributed by atoms with van der Waals surface area (Å²) < 4.78 is 21.0. The van der Waals surface area contributed by atoms with Gasteiger partial charge in [0.15, 0.2) is 0 Å². The normalized spacial score (nSPS) is 10.6. The van der Waals surface area contributed by atoms with Gasteiger partial charge < -0.3 is 24.7 Å². The predicted octanol–water partition coefficient (Wildman–Crippen LogP) is 1.64.